The Labute approximate surface area is 134 Å². The fourth-order valence-electron chi connectivity index (χ4n) is 2.85. The molecule has 23 heavy (non-hydrogen) atoms. The standard InChI is InChI=1S/C17H15NO4S/c19-23(20)17-10-4-3-9-16(17)22-15-8-2-1-7-14(15)18(23)13-6-5-11-21-12-13/h1-10,13H,11-12H2/t13-/m1/s1. The number of hydrogen-bond donors (Lipinski definition) is 0. The van der Waals surface area contributed by atoms with Crippen molar-refractivity contribution in [1.29, 1.82) is 0 Å². The van der Waals surface area contributed by atoms with E-state index in [1.807, 2.05) is 18.2 Å². The van der Waals surface area contributed by atoms with Gasteiger partial charge in [-0.3, -0.25) is 4.31 Å². The Kier molecular flexibility index (Phi) is 3.36. The van der Waals surface area contributed by atoms with Gasteiger partial charge in [-0.05, 0) is 24.3 Å². The van der Waals surface area contributed by atoms with Crippen LogP contribution in [0.15, 0.2) is 65.6 Å². The third-order valence-corrected chi connectivity index (χ3v) is 5.75. The lowest BCUT2D eigenvalue weighted by molar-refractivity contribution is 0.148. The molecule has 6 heteroatoms. The van der Waals surface area contributed by atoms with Crippen molar-refractivity contribution in [1.82, 2.24) is 0 Å². The van der Waals surface area contributed by atoms with Gasteiger partial charge in [0.25, 0.3) is 10.0 Å². The molecule has 0 radical (unpaired) electrons. The van der Waals surface area contributed by atoms with Crippen molar-refractivity contribution in [3.63, 3.8) is 0 Å². The SMILES string of the molecule is O=S1(=O)c2ccccc2Oc2ccccc2N1[C@@H]1C=CCOC1. The lowest BCUT2D eigenvalue weighted by Crippen LogP contribution is -2.42. The van der Waals surface area contributed by atoms with Gasteiger partial charge in [0.1, 0.15) is 10.6 Å². The highest BCUT2D eigenvalue weighted by atomic mass is 32.2. The second-order valence-electron chi connectivity index (χ2n) is 5.35. The molecule has 4 rings (SSSR count). The number of benzene rings is 2. The highest BCUT2D eigenvalue weighted by Crippen LogP contribution is 2.43. The highest BCUT2D eigenvalue weighted by molar-refractivity contribution is 7.93. The number of hydrogen-bond acceptors (Lipinski definition) is 4. The van der Waals surface area contributed by atoms with Crippen molar-refractivity contribution < 1.29 is 17.9 Å². The minimum absolute atomic E-state index is 0.162. The van der Waals surface area contributed by atoms with Gasteiger partial charge < -0.3 is 9.47 Å². The Morgan fingerprint density at radius 2 is 1.74 bits per heavy atom. The first-order valence-corrected chi connectivity index (χ1v) is 8.77. The summed E-state index contributed by atoms with van der Waals surface area (Å²) in [6.45, 7) is 0.811. The van der Waals surface area contributed by atoms with Crippen LogP contribution in [0.1, 0.15) is 0 Å². The van der Waals surface area contributed by atoms with Gasteiger partial charge >= 0.3 is 0 Å². The number of anilines is 1. The summed E-state index contributed by atoms with van der Waals surface area (Å²) in [6.07, 6.45) is 3.70. The molecular formula is C17H15NO4S. The smallest absolute Gasteiger partial charge is 0.268 e. The van der Waals surface area contributed by atoms with Crippen LogP contribution in [0.4, 0.5) is 5.69 Å². The zero-order valence-electron chi connectivity index (χ0n) is 12.3. The van der Waals surface area contributed by atoms with Crippen LogP contribution in [0, 0.1) is 0 Å². The van der Waals surface area contributed by atoms with Crippen molar-refractivity contribution in [2.75, 3.05) is 17.5 Å². The lowest BCUT2D eigenvalue weighted by atomic mass is 10.2. The maximum Gasteiger partial charge on any atom is 0.268 e. The van der Waals surface area contributed by atoms with Gasteiger partial charge in [0.2, 0.25) is 0 Å². The maximum absolute atomic E-state index is 13.2. The molecule has 5 nitrogen and oxygen atoms in total. The van der Waals surface area contributed by atoms with Crippen LogP contribution < -0.4 is 9.04 Å². The second kappa shape index (κ2) is 5.40. The molecule has 0 fully saturated rings. The first-order valence-electron chi connectivity index (χ1n) is 7.33. The molecule has 0 spiro atoms. The minimum atomic E-state index is -3.76. The molecule has 118 valence electrons. The molecule has 0 aromatic heterocycles. The molecule has 2 aliphatic heterocycles. The molecule has 0 amide bonds. The van der Waals surface area contributed by atoms with E-state index in [0.29, 0.717) is 30.4 Å². The minimum Gasteiger partial charge on any atom is -0.454 e. The van der Waals surface area contributed by atoms with Gasteiger partial charge in [-0.15, -0.1) is 0 Å². The predicted molar refractivity (Wildman–Crippen MR) is 86.4 cm³/mol. The molecule has 2 aromatic rings. The Balaban J connectivity index is 1.98. The first-order chi connectivity index (χ1) is 11.2. The molecule has 0 saturated heterocycles. The third kappa shape index (κ3) is 2.31. The largest absolute Gasteiger partial charge is 0.454 e. The van der Waals surface area contributed by atoms with Crippen molar-refractivity contribution in [3.8, 4) is 11.5 Å². The van der Waals surface area contributed by atoms with Gasteiger partial charge in [0.05, 0.1) is 24.9 Å². The van der Waals surface area contributed by atoms with Gasteiger partial charge in [0.15, 0.2) is 5.75 Å². The van der Waals surface area contributed by atoms with E-state index in [1.165, 1.54) is 4.31 Å². The average molecular weight is 329 g/mol. The van der Waals surface area contributed by atoms with E-state index in [-0.39, 0.29) is 4.90 Å². The molecular weight excluding hydrogens is 314 g/mol. The summed E-state index contributed by atoms with van der Waals surface area (Å²) in [5.41, 5.74) is 0.517. The fraction of sp³-hybridized carbons (Fsp3) is 0.176. The van der Waals surface area contributed by atoms with Crippen LogP contribution in [0.25, 0.3) is 0 Å². The van der Waals surface area contributed by atoms with Crippen LogP contribution in [0.5, 0.6) is 11.5 Å². The van der Waals surface area contributed by atoms with Crippen molar-refractivity contribution in [3.05, 3.63) is 60.7 Å². The predicted octanol–water partition coefficient (Wildman–Crippen LogP) is 2.94. The van der Waals surface area contributed by atoms with E-state index in [2.05, 4.69) is 0 Å². The normalized spacial score (nSPS) is 21.7. The van der Waals surface area contributed by atoms with Crippen molar-refractivity contribution >= 4 is 15.7 Å². The average Bonchev–Trinajstić information content (AvgIpc) is 2.67. The molecule has 0 aliphatic carbocycles. The molecule has 0 N–H and O–H groups in total. The summed E-state index contributed by atoms with van der Waals surface area (Å²) < 4.78 is 39.2. The number of ether oxygens (including phenoxy) is 2. The van der Waals surface area contributed by atoms with Crippen LogP contribution in [-0.2, 0) is 14.8 Å². The maximum atomic E-state index is 13.2. The van der Waals surface area contributed by atoms with E-state index < -0.39 is 16.1 Å². The Bertz CT molecular complexity index is 876. The zero-order valence-corrected chi connectivity index (χ0v) is 13.1. The highest BCUT2D eigenvalue weighted by Gasteiger charge is 2.37. The van der Waals surface area contributed by atoms with E-state index in [9.17, 15) is 8.42 Å². The molecule has 1 atom stereocenters. The van der Waals surface area contributed by atoms with E-state index in [4.69, 9.17) is 9.47 Å². The number of fused-ring (bicyclic) bond motifs is 2. The van der Waals surface area contributed by atoms with Gasteiger partial charge in [-0.25, -0.2) is 8.42 Å². The molecule has 0 unspecified atom stereocenters. The number of nitrogens with zero attached hydrogens (tertiary/aromatic N) is 1. The van der Waals surface area contributed by atoms with Gasteiger partial charge in [0, 0.05) is 0 Å². The van der Waals surface area contributed by atoms with Crippen LogP contribution >= 0.6 is 0 Å². The van der Waals surface area contributed by atoms with Crippen LogP contribution in [0.3, 0.4) is 0 Å². The topological polar surface area (TPSA) is 55.8 Å². The quantitative estimate of drug-likeness (QED) is 0.755. The summed E-state index contributed by atoms with van der Waals surface area (Å²) in [5, 5.41) is 0. The van der Waals surface area contributed by atoms with Gasteiger partial charge in [-0.2, -0.15) is 0 Å². The Morgan fingerprint density at radius 3 is 2.52 bits per heavy atom. The Hall–Kier alpha value is -2.31. The second-order valence-corrected chi connectivity index (χ2v) is 7.13. The van der Waals surface area contributed by atoms with Gasteiger partial charge in [-0.1, -0.05) is 36.4 Å². The molecule has 2 aliphatic rings. The monoisotopic (exact) mass is 329 g/mol. The van der Waals surface area contributed by atoms with E-state index >= 15 is 0 Å². The number of rotatable bonds is 1. The molecule has 2 heterocycles. The molecule has 0 saturated carbocycles. The summed E-state index contributed by atoms with van der Waals surface area (Å²) >= 11 is 0. The fourth-order valence-corrected chi connectivity index (χ4v) is 4.58. The lowest BCUT2D eigenvalue weighted by Gasteiger charge is -2.31. The van der Waals surface area contributed by atoms with E-state index in [0.717, 1.165) is 0 Å². The first kappa shape index (κ1) is 14.3. The number of para-hydroxylation sites is 3. The summed E-state index contributed by atoms with van der Waals surface area (Å²) in [4.78, 5) is 0.162. The molecule has 2 aromatic carbocycles. The van der Waals surface area contributed by atoms with Crippen molar-refractivity contribution in [2.45, 2.75) is 10.9 Å². The summed E-state index contributed by atoms with van der Waals surface area (Å²) in [6, 6.07) is 13.4. The molecule has 0 bridgehead atoms. The summed E-state index contributed by atoms with van der Waals surface area (Å²) in [5.74, 6) is 0.850. The van der Waals surface area contributed by atoms with Crippen molar-refractivity contribution in [2.24, 2.45) is 0 Å². The van der Waals surface area contributed by atoms with Crippen LogP contribution in [0.2, 0.25) is 0 Å². The third-order valence-electron chi connectivity index (χ3n) is 3.87. The van der Waals surface area contributed by atoms with Crippen LogP contribution in [-0.4, -0.2) is 27.7 Å². The summed E-state index contributed by atoms with van der Waals surface area (Å²) in [7, 11) is -3.76. The zero-order chi connectivity index (χ0) is 15.9. The van der Waals surface area contributed by atoms with E-state index in [1.54, 1.807) is 42.5 Å². The Morgan fingerprint density at radius 1 is 1.00 bits per heavy atom. The number of sulfonamides is 1.